The van der Waals surface area contributed by atoms with Crippen LogP contribution in [0.5, 0.6) is 0 Å². The van der Waals surface area contributed by atoms with Crippen LogP contribution in [0.2, 0.25) is 0 Å². The molecule has 1 heterocycles. The topological polar surface area (TPSA) is 66.8 Å². The van der Waals surface area contributed by atoms with Gasteiger partial charge in [0.05, 0.1) is 12.5 Å². The molecular weight excluding hydrogens is 222 g/mol. The molecule has 0 aromatic carbocycles. The van der Waals surface area contributed by atoms with Gasteiger partial charge in [-0.15, -0.1) is 6.58 Å². The lowest BCUT2D eigenvalue weighted by Crippen LogP contribution is -2.29. The van der Waals surface area contributed by atoms with E-state index in [9.17, 15) is 9.59 Å². The van der Waals surface area contributed by atoms with Crippen molar-refractivity contribution in [1.82, 2.24) is 4.90 Å². The van der Waals surface area contributed by atoms with Crippen molar-refractivity contribution in [3.8, 4) is 0 Å². The molecule has 1 rings (SSSR count). The summed E-state index contributed by atoms with van der Waals surface area (Å²) in [4.78, 5) is 24.1. The van der Waals surface area contributed by atoms with Gasteiger partial charge in [-0.2, -0.15) is 0 Å². The van der Waals surface area contributed by atoms with Crippen LogP contribution in [0.3, 0.4) is 0 Å². The molecule has 1 aliphatic heterocycles. The van der Waals surface area contributed by atoms with Crippen molar-refractivity contribution in [3.05, 3.63) is 12.7 Å². The number of hydrogen-bond donors (Lipinski definition) is 1. The largest absolute Gasteiger partial charge is 0.481 e. The minimum atomic E-state index is -0.811. The summed E-state index contributed by atoms with van der Waals surface area (Å²) in [6, 6.07) is 0. The summed E-state index contributed by atoms with van der Waals surface area (Å²) >= 11 is 0. The number of carbonyl (C=O) groups is 2. The van der Waals surface area contributed by atoms with Crippen LogP contribution >= 0.6 is 0 Å². The number of amides is 1. The average Bonchev–Trinajstić information content (AvgIpc) is 2.78. The number of carboxylic acid groups (broad SMARTS) is 1. The first kappa shape index (κ1) is 13.7. The predicted octanol–water partition coefficient (Wildman–Crippen LogP) is 0.902. The maximum atomic E-state index is 11.7. The van der Waals surface area contributed by atoms with E-state index in [1.807, 2.05) is 0 Å². The van der Waals surface area contributed by atoms with Gasteiger partial charge < -0.3 is 14.7 Å². The molecule has 1 saturated heterocycles. The van der Waals surface area contributed by atoms with Crippen LogP contribution in [-0.2, 0) is 14.3 Å². The van der Waals surface area contributed by atoms with Gasteiger partial charge in [-0.25, -0.2) is 0 Å². The fourth-order valence-electron chi connectivity index (χ4n) is 1.84. The zero-order valence-electron chi connectivity index (χ0n) is 9.93. The van der Waals surface area contributed by atoms with Gasteiger partial charge in [0.25, 0.3) is 0 Å². The Morgan fingerprint density at radius 1 is 1.53 bits per heavy atom. The first-order valence-electron chi connectivity index (χ1n) is 5.84. The van der Waals surface area contributed by atoms with Crippen molar-refractivity contribution in [2.45, 2.75) is 19.3 Å². The Bertz CT molecular complexity index is 290. The molecule has 0 spiro atoms. The number of carbonyl (C=O) groups excluding carboxylic acids is 1. The Kier molecular flexibility index (Phi) is 5.69. The zero-order valence-corrected chi connectivity index (χ0v) is 9.93. The third kappa shape index (κ3) is 4.56. The van der Waals surface area contributed by atoms with Crippen LogP contribution in [-0.4, -0.2) is 48.2 Å². The molecule has 1 N–H and O–H groups in total. The van der Waals surface area contributed by atoms with Gasteiger partial charge >= 0.3 is 5.97 Å². The normalized spacial score (nSPS) is 19.3. The Morgan fingerprint density at radius 3 is 2.88 bits per heavy atom. The molecule has 1 atom stereocenters. The van der Waals surface area contributed by atoms with E-state index in [0.29, 0.717) is 45.6 Å². The van der Waals surface area contributed by atoms with E-state index >= 15 is 0 Å². The molecular formula is C12H19NO4. The molecule has 1 fully saturated rings. The smallest absolute Gasteiger partial charge is 0.308 e. The fraction of sp³-hybridized carbons (Fsp3) is 0.667. The molecule has 0 saturated carbocycles. The minimum absolute atomic E-state index is 0.0240. The Morgan fingerprint density at radius 2 is 2.29 bits per heavy atom. The van der Waals surface area contributed by atoms with Gasteiger partial charge in [0.15, 0.2) is 0 Å². The summed E-state index contributed by atoms with van der Waals surface area (Å²) in [6.45, 7) is 5.47. The molecule has 5 heteroatoms. The molecule has 5 nitrogen and oxygen atoms in total. The lowest BCUT2D eigenvalue weighted by Gasteiger charge is -2.15. The minimum Gasteiger partial charge on any atom is -0.481 e. The number of carboxylic acids is 1. The number of rotatable bonds is 7. The van der Waals surface area contributed by atoms with Crippen LogP contribution in [0.1, 0.15) is 19.3 Å². The summed E-state index contributed by atoms with van der Waals surface area (Å²) in [5.74, 6) is -1.18. The summed E-state index contributed by atoms with van der Waals surface area (Å²) in [5, 5.41) is 8.82. The van der Waals surface area contributed by atoms with Crippen LogP contribution < -0.4 is 0 Å². The van der Waals surface area contributed by atoms with Crippen LogP contribution in [0.25, 0.3) is 0 Å². The van der Waals surface area contributed by atoms with E-state index in [0.717, 1.165) is 0 Å². The second-order valence-electron chi connectivity index (χ2n) is 4.13. The average molecular weight is 241 g/mol. The molecule has 0 bridgehead atoms. The van der Waals surface area contributed by atoms with Gasteiger partial charge in [0, 0.05) is 26.1 Å². The molecule has 0 aromatic rings. The number of nitrogens with zero attached hydrogens (tertiary/aromatic N) is 1. The summed E-state index contributed by atoms with van der Waals surface area (Å²) in [5.41, 5.74) is 0. The lowest BCUT2D eigenvalue weighted by molar-refractivity contribution is -0.141. The monoisotopic (exact) mass is 241 g/mol. The summed E-state index contributed by atoms with van der Waals surface area (Å²) < 4.78 is 5.17. The molecule has 1 amide bonds. The van der Waals surface area contributed by atoms with Crippen LogP contribution in [0.15, 0.2) is 12.7 Å². The van der Waals surface area contributed by atoms with Gasteiger partial charge in [-0.05, 0) is 12.8 Å². The summed E-state index contributed by atoms with van der Waals surface area (Å²) in [7, 11) is 0. The molecule has 17 heavy (non-hydrogen) atoms. The quantitative estimate of drug-likeness (QED) is 0.531. The van der Waals surface area contributed by atoms with Crippen molar-refractivity contribution >= 4 is 11.9 Å². The highest BCUT2D eigenvalue weighted by molar-refractivity contribution is 5.78. The molecule has 0 aromatic heterocycles. The third-order valence-electron chi connectivity index (χ3n) is 2.81. The Hall–Kier alpha value is -1.36. The molecule has 0 aliphatic carbocycles. The summed E-state index contributed by atoms with van der Waals surface area (Å²) in [6.07, 6.45) is 3.32. The highest BCUT2D eigenvalue weighted by atomic mass is 16.5. The van der Waals surface area contributed by atoms with E-state index in [4.69, 9.17) is 9.84 Å². The standard InChI is InChI=1S/C12H19NO4/c1-2-7-17-8-3-4-11(14)13-6-5-10(9-13)12(15)16/h2,10H,1,3-9H2,(H,15,16). The first-order chi connectivity index (χ1) is 8.15. The SMILES string of the molecule is C=CCOCCCC(=O)N1CCC(C(=O)O)C1. The van der Waals surface area contributed by atoms with E-state index < -0.39 is 11.9 Å². The zero-order chi connectivity index (χ0) is 12.7. The second kappa shape index (κ2) is 7.06. The van der Waals surface area contributed by atoms with E-state index in [2.05, 4.69) is 6.58 Å². The van der Waals surface area contributed by atoms with E-state index in [-0.39, 0.29) is 5.91 Å². The lowest BCUT2D eigenvalue weighted by atomic mass is 10.1. The van der Waals surface area contributed by atoms with Crippen molar-refractivity contribution in [1.29, 1.82) is 0 Å². The van der Waals surface area contributed by atoms with Gasteiger partial charge in [-0.3, -0.25) is 9.59 Å². The molecule has 0 radical (unpaired) electrons. The highest BCUT2D eigenvalue weighted by Crippen LogP contribution is 2.17. The van der Waals surface area contributed by atoms with Crippen molar-refractivity contribution in [2.75, 3.05) is 26.3 Å². The predicted molar refractivity (Wildman–Crippen MR) is 62.6 cm³/mol. The maximum Gasteiger partial charge on any atom is 0.308 e. The third-order valence-corrected chi connectivity index (χ3v) is 2.81. The Labute approximate surface area is 101 Å². The van der Waals surface area contributed by atoms with Gasteiger partial charge in [-0.1, -0.05) is 6.08 Å². The number of likely N-dealkylation sites (tertiary alicyclic amines) is 1. The maximum absolute atomic E-state index is 11.7. The van der Waals surface area contributed by atoms with Crippen molar-refractivity contribution in [3.63, 3.8) is 0 Å². The van der Waals surface area contributed by atoms with Crippen LogP contribution in [0, 0.1) is 5.92 Å². The Balaban J connectivity index is 2.16. The van der Waals surface area contributed by atoms with Crippen LogP contribution in [0.4, 0.5) is 0 Å². The highest BCUT2D eigenvalue weighted by Gasteiger charge is 2.30. The molecule has 1 aliphatic rings. The van der Waals surface area contributed by atoms with Gasteiger partial charge in [0.1, 0.15) is 0 Å². The number of aliphatic carboxylic acids is 1. The van der Waals surface area contributed by atoms with Crippen molar-refractivity contribution < 1.29 is 19.4 Å². The molecule has 96 valence electrons. The van der Waals surface area contributed by atoms with Crippen molar-refractivity contribution in [2.24, 2.45) is 5.92 Å². The second-order valence-corrected chi connectivity index (χ2v) is 4.13. The molecule has 1 unspecified atom stereocenters. The first-order valence-corrected chi connectivity index (χ1v) is 5.84. The fourth-order valence-corrected chi connectivity index (χ4v) is 1.84. The van der Waals surface area contributed by atoms with Gasteiger partial charge in [0.2, 0.25) is 5.91 Å². The van der Waals surface area contributed by atoms with E-state index in [1.54, 1.807) is 11.0 Å². The number of ether oxygens (including phenoxy) is 1. The number of hydrogen-bond acceptors (Lipinski definition) is 3. The van der Waals surface area contributed by atoms with E-state index in [1.165, 1.54) is 0 Å².